The molecule has 2 aromatic rings. The van der Waals surface area contributed by atoms with E-state index < -0.39 is 29.5 Å². The zero-order valence-corrected chi connectivity index (χ0v) is 19.7. The SMILES string of the molecule is CC(C)(C)OC(=O)c1ccc(C(C(C(=O)O)c2ccc3c(c2)OCO3)N2CCC[C@H]2CO)cc1. The Morgan fingerprint density at radius 1 is 1.09 bits per heavy atom. The van der Waals surface area contributed by atoms with E-state index in [2.05, 4.69) is 4.90 Å². The van der Waals surface area contributed by atoms with Crippen LogP contribution in [0.2, 0.25) is 0 Å². The molecule has 2 aliphatic rings. The molecule has 0 amide bonds. The van der Waals surface area contributed by atoms with Crippen LogP contribution in [0.3, 0.4) is 0 Å². The molecule has 8 heteroatoms. The lowest BCUT2D eigenvalue weighted by Gasteiger charge is -2.36. The van der Waals surface area contributed by atoms with Crippen LogP contribution in [-0.2, 0) is 9.53 Å². The van der Waals surface area contributed by atoms with Crippen LogP contribution in [0.25, 0.3) is 0 Å². The number of carbonyl (C=O) groups is 2. The number of likely N-dealkylation sites (tertiary alicyclic amines) is 1. The summed E-state index contributed by atoms with van der Waals surface area (Å²) in [7, 11) is 0. The molecule has 0 spiro atoms. The lowest BCUT2D eigenvalue weighted by atomic mass is 9.85. The Labute approximate surface area is 199 Å². The summed E-state index contributed by atoms with van der Waals surface area (Å²) in [5.41, 5.74) is 1.11. The van der Waals surface area contributed by atoms with Gasteiger partial charge >= 0.3 is 11.9 Å². The van der Waals surface area contributed by atoms with Crippen molar-refractivity contribution in [3.8, 4) is 11.5 Å². The molecule has 0 bridgehead atoms. The van der Waals surface area contributed by atoms with Crippen molar-refractivity contribution in [2.45, 2.75) is 57.2 Å². The fraction of sp³-hybridized carbons (Fsp3) is 0.462. The number of rotatable bonds is 7. The van der Waals surface area contributed by atoms with Gasteiger partial charge in [0.2, 0.25) is 6.79 Å². The number of nitrogens with zero attached hydrogens (tertiary/aromatic N) is 1. The number of hydrogen-bond donors (Lipinski definition) is 2. The van der Waals surface area contributed by atoms with Crippen LogP contribution in [0.15, 0.2) is 42.5 Å². The topological polar surface area (TPSA) is 106 Å². The molecule has 34 heavy (non-hydrogen) atoms. The summed E-state index contributed by atoms with van der Waals surface area (Å²) in [5.74, 6) is -1.24. The van der Waals surface area contributed by atoms with Crippen LogP contribution >= 0.6 is 0 Å². The molecule has 2 N–H and O–H groups in total. The first-order valence-electron chi connectivity index (χ1n) is 11.5. The fourth-order valence-electron chi connectivity index (χ4n) is 4.72. The number of hydrogen-bond acceptors (Lipinski definition) is 7. The van der Waals surface area contributed by atoms with Gasteiger partial charge in [0.1, 0.15) is 11.5 Å². The molecule has 0 aromatic heterocycles. The van der Waals surface area contributed by atoms with Crippen molar-refractivity contribution in [3.63, 3.8) is 0 Å². The molecule has 2 unspecified atom stereocenters. The molecule has 8 nitrogen and oxygen atoms in total. The van der Waals surface area contributed by atoms with E-state index in [1.54, 1.807) is 63.2 Å². The van der Waals surface area contributed by atoms with Crippen molar-refractivity contribution in [1.82, 2.24) is 4.90 Å². The van der Waals surface area contributed by atoms with Gasteiger partial charge in [-0.1, -0.05) is 18.2 Å². The Kier molecular flexibility index (Phi) is 6.81. The number of aliphatic carboxylic acids is 1. The lowest BCUT2D eigenvalue weighted by molar-refractivity contribution is -0.141. The van der Waals surface area contributed by atoms with Gasteiger partial charge in [-0.15, -0.1) is 0 Å². The summed E-state index contributed by atoms with van der Waals surface area (Å²) in [6.45, 7) is 6.13. The predicted molar refractivity (Wildman–Crippen MR) is 124 cm³/mol. The van der Waals surface area contributed by atoms with E-state index >= 15 is 0 Å². The van der Waals surface area contributed by atoms with Gasteiger partial charge < -0.3 is 24.4 Å². The van der Waals surface area contributed by atoms with Crippen molar-refractivity contribution >= 4 is 11.9 Å². The molecule has 2 heterocycles. The van der Waals surface area contributed by atoms with Crippen LogP contribution in [0, 0.1) is 0 Å². The van der Waals surface area contributed by atoms with E-state index in [4.69, 9.17) is 14.2 Å². The Hall–Kier alpha value is -3.10. The molecule has 1 fully saturated rings. The molecule has 0 saturated carbocycles. The van der Waals surface area contributed by atoms with E-state index in [1.165, 1.54) is 0 Å². The van der Waals surface area contributed by atoms with Gasteiger partial charge in [-0.2, -0.15) is 0 Å². The molecule has 4 rings (SSSR count). The van der Waals surface area contributed by atoms with Crippen molar-refractivity contribution in [1.29, 1.82) is 0 Å². The highest BCUT2D eigenvalue weighted by molar-refractivity contribution is 5.89. The first-order valence-corrected chi connectivity index (χ1v) is 11.5. The minimum atomic E-state index is -0.983. The standard InChI is InChI=1S/C26H31NO7/c1-26(2,3)34-25(31)17-8-6-16(7-9-17)23(27-12-4-5-19(27)14-28)22(24(29)30)18-10-11-20-21(13-18)33-15-32-20/h6-11,13,19,22-23,28H,4-5,12,14-15H2,1-3H3,(H,29,30)/t19-,22?,23?/m0/s1. The zero-order valence-electron chi connectivity index (χ0n) is 19.7. The number of fused-ring (bicyclic) bond motifs is 1. The molecule has 182 valence electrons. The number of carboxylic acid groups (broad SMARTS) is 1. The summed E-state index contributed by atoms with van der Waals surface area (Å²) in [6, 6.07) is 11.4. The first-order chi connectivity index (χ1) is 16.2. The summed E-state index contributed by atoms with van der Waals surface area (Å²) in [4.78, 5) is 27.2. The maximum atomic E-state index is 12.7. The quantitative estimate of drug-likeness (QED) is 0.591. The van der Waals surface area contributed by atoms with E-state index in [0.29, 0.717) is 29.2 Å². The highest BCUT2D eigenvalue weighted by atomic mass is 16.7. The molecular formula is C26H31NO7. The molecule has 3 atom stereocenters. The highest BCUT2D eigenvalue weighted by Crippen LogP contribution is 2.43. The van der Waals surface area contributed by atoms with Crippen LogP contribution in [0.4, 0.5) is 0 Å². The predicted octanol–water partition coefficient (Wildman–Crippen LogP) is 3.74. The average Bonchev–Trinajstić information content (AvgIpc) is 3.44. The van der Waals surface area contributed by atoms with Crippen molar-refractivity contribution in [3.05, 3.63) is 59.2 Å². The van der Waals surface area contributed by atoms with Crippen LogP contribution in [0.1, 0.15) is 67.1 Å². The summed E-state index contributed by atoms with van der Waals surface area (Å²) in [6.07, 6.45) is 1.65. The minimum Gasteiger partial charge on any atom is -0.481 e. The Bertz CT molecular complexity index is 1040. The third kappa shape index (κ3) is 5.03. The van der Waals surface area contributed by atoms with E-state index in [9.17, 15) is 19.8 Å². The number of aliphatic hydroxyl groups excluding tert-OH is 1. The van der Waals surface area contributed by atoms with Crippen LogP contribution in [-0.4, -0.2) is 58.6 Å². The molecule has 2 aliphatic heterocycles. The third-order valence-electron chi connectivity index (χ3n) is 6.22. The lowest BCUT2D eigenvalue weighted by Crippen LogP contribution is -2.40. The zero-order chi connectivity index (χ0) is 24.5. The van der Waals surface area contributed by atoms with Gasteiger partial charge in [-0.05, 0) is 75.5 Å². The summed E-state index contributed by atoms with van der Waals surface area (Å²) in [5, 5.41) is 20.3. The highest BCUT2D eigenvalue weighted by Gasteiger charge is 2.40. The van der Waals surface area contributed by atoms with E-state index in [-0.39, 0.29) is 19.4 Å². The van der Waals surface area contributed by atoms with Crippen LogP contribution < -0.4 is 9.47 Å². The molecule has 0 aliphatic carbocycles. The van der Waals surface area contributed by atoms with E-state index in [0.717, 1.165) is 18.4 Å². The number of aliphatic hydroxyl groups is 1. The van der Waals surface area contributed by atoms with Gasteiger partial charge in [-0.3, -0.25) is 9.69 Å². The number of benzene rings is 2. The minimum absolute atomic E-state index is 0.0556. The number of carboxylic acids is 1. The van der Waals surface area contributed by atoms with E-state index in [1.807, 2.05) is 0 Å². The second kappa shape index (κ2) is 9.64. The fourth-order valence-corrected chi connectivity index (χ4v) is 4.72. The maximum Gasteiger partial charge on any atom is 0.338 e. The van der Waals surface area contributed by atoms with Crippen LogP contribution in [0.5, 0.6) is 11.5 Å². The molecule has 1 saturated heterocycles. The number of carbonyl (C=O) groups excluding carboxylic acids is 1. The number of ether oxygens (including phenoxy) is 3. The average molecular weight is 470 g/mol. The van der Waals surface area contributed by atoms with Gasteiger partial charge in [0.05, 0.1) is 18.2 Å². The Morgan fingerprint density at radius 3 is 2.41 bits per heavy atom. The van der Waals surface area contributed by atoms with Crippen molar-refractivity contribution in [2.24, 2.45) is 0 Å². The molecule has 0 radical (unpaired) electrons. The Balaban J connectivity index is 1.73. The van der Waals surface area contributed by atoms with Gasteiger partial charge in [0.25, 0.3) is 0 Å². The molecular weight excluding hydrogens is 438 g/mol. The number of esters is 1. The van der Waals surface area contributed by atoms with Crippen molar-refractivity contribution in [2.75, 3.05) is 19.9 Å². The van der Waals surface area contributed by atoms with Gasteiger partial charge in [-0.25, -0.2) is 4.79 Å². The van der Waals surface area contributed by atoms with Crippen molar-refractivity contribution < 1.29 is 34.0 Å². The smallest absolute Gasteiger partial charge is 0.338 e. The summed E-state index contributed by atoms with van der Waals surface area (Å²) < 4.78 is 16.3. The first kappa shape index (κ1) is 24.0. The summed E-state index contributed by atoms with van der Waals surface area (Å²) >= 11 is 0. The second-order valence-corrected chi connectivity index (χ2v) is 9.71. The normalized spacial score (nSPS) is 19.6. The molecule has 2 aromatic carbocycles. The maximum absolute atomic E-state index is 12.7. The largest absolute Gasteiger partial charge is 0.481 e. The monoisotopic (exact) mass is 469 g/mol. The van der Waals surface area contributed by atoms with Gasteiger partial charge in [0, 0.05) is 6.04 Å². The van der Waals surface area contributed by atoms with Gasteiger partial charge in [0.15, 0.2) is 11.5 Å². The third-order valence-corrected chi connectivity index (χ3v) is 6.22. The second-order valence-electron chi connectivity index (χ2n) is 9.71. The Morgan fingerprint density at radius 2 is 1.76 bits per heavy atom.